The maximum Gasteiger partial charge on any atom is 0.236 e. The van der Waals surface area contributed by atoms with Crippen LogP contribution in [-0.2, 0) is 9.53 Å². The summed E-state index contributed by atoms with van der Waals surface area (Å²) < 4.78 is 6.74. The van der Waals surface area contributed by atoms with Gasteiger partial charge in [-0.05, 0) is 48.4 Å². The predicted molar refractivity (Wildman–Crippen MR) is 141 cm³/mol. The van der Waals surface area contributed by atoms with E-state index < -0.39 is 0 Å². The zero-order valence-corrected chi connectivity index (χ0v) is 21.0. The van der Waals surface area contributed by atoms with Crippen LogP contribution in [0.4, 0.5) is 5.69 Å². The number of carbonyl (C=O) groups excluding carboxylic acids is 1. The topological polar surface area (TPSA) is 32.8 Å². The molecule has 2 aliphatic rings. The number of piperidine rings is 1. The van der Waals surface area contributed by atoms with Crippen molar-refractivity contribution in [3.05, 3.63) is 102 Å². The Bertz CT molecular complexity index is 1080. The molecule has 3 aromatic rings. The minimum absolute atomic E-state index is 0.0346. The highest BCUT2D eigenvalue weighted by atomic mass is 16.5. The maximum absolute atomic E-state index is 13.5. The smallest absolute Gasteiger partial charge is 0.236 e. The number of amides is 1. The second-order valence-electron chi connectivity index (χ2n) is 10.2. The fourth-order valence-corrected chi connectivity index (χ4v) is 5.75. The summed E-state index contributed by atoms with van der Waals surface area (Å²) in [5.74, 6) is 0.472. The SMILES string of the molecule is CC(C)C1C(=O)N(C(C)N2CCC(OC(c3ccccc3)c3ccccc3)CC2)c2ccccc21. The molecule has 0 saturated carbocycles. The van der Waals surface area contributed by atoms with Gasteiger partial charge in [0, 0.05) is 18.8 Å². The van der Waals surface area contributed by atoms with Gasteiger partial charge < -0.3 is 4.74 Å². The fraction of sp³-hybridized carbons (Fsp3) is 0.387. The molecular weight excluding hydrogens is 432 g/mol. The largest absolute Gasteiger partial charge is 0.365 e. The molecule has 35 heavy (non-hydrogen) atoms. The minimum Gasteiger partial charge on any atom is -0.365 e. The molecule has 0 N–H and O–H groups in total. The van der Waals surface area contributed by atoms with Gasteiger partial charge in [-0.25, -0.2) is 0 Å². The van der Waals surface area contributed by atoms with Gasteiger partial charge in [-0.15, -0.1) is 0 Å². The summed E-state index contributed by atoms with van der Waals surface area (Å²) in [6, 6.07) is 29.3. The molecule has 4 heteroatoms. The summed E-state index contributed by atoms with van der Waals surface area (Å²) in [5, 5.41) is 0. The molecule has 1 saturated heterocycles. The molecule has 2 heterocycles. The second kappa shape index (κ2) is 10.3. The van der Waals surface area contributed by atoms with Gasteiger partial charge in [0.25, 0.3) is 0 Å². The lowest BCUT2D eigenvalue weighted by atomic mass is 9.90. The Morgan fingerprint density at radius 3 is 1.89 bits per heavy atom. The van der Waals surface area contributed by atoms with E-state index in [0.717, 1.165) is 31.6 Å². The molecule has 4 nitrogen and oxygen atoms in total. The molecule has 5 rings (SSSR count). The standard InChI is InChI=1S/C31H36N2O2/c1-22(2)29-27-16-10-11-17-28(27)33(31(29)34)23(3)32-20-18-26(19-21-32)35-30(24-12-6-4-7-13-24)25-14-8-5-9-15-25/h4-17,22-23,26,29-30H,18-21H2,1-3H3. The Balaban J connectivity index is 1.28. The molecule has 0 radical (unpaired) electrons. The van der Waals surface area contributed by atoms with Crippen LogP contribution < -0.4 is 4.90 Å². The number of nitrogens with zero attached hydrogens (tertiary/aromatic N) is 2. The molecule has 0 aliphatic carbocycles. The van der Waals surface area contributed by atoms with Crippen molar-refractivity contribution in [2.24, 2.45) is 5.92 Å². The van der Waals surface area contributed by atoms with Crippen molar-refractivity contribution in [1.29, 1.82) is 0 Å². The number of fused-ring (bicyclic) bond motifs is 1. The lowest BCUT2D eigenvalue weighted by Gasteiger charge is -2.41. The van der Waals surface area contributed by atoms with Crippen molar-refractivity contribution in [1.82, 2.24) is 4.90 Å². The van der Waals surface area contributed by atoms with Gasteiger partial charge in [-0.1, -0.05) is 92.7 Å². The third kappa shape index (κ3) is 4.78. The maximum atomic E-state index is 13.5. The van der Waals surface area contributed by atoms with E-state index in [-0.39, 0.29) is 36.1 Å². The van der Waals surface area contributed by atoms with E-state index in [9.17, 15) is 4.79 Å². The first-order valence-corrected chi connectivity index (χ1v) is 13.0. The third-order valence-corrected chi connectivity index (χ3v) is 7.61. The second-order valence-corrected chi connectivity index (χ2v) is 10.2. The molecule has 2 aliphatic heterocycles. The molecule has 3 aromatic carbocycles. The summed E-state index contributed by atoms with van der Waals surface area (Å²) in [5.41, 5.74) is 4.63. The lowest BCUT2D eigenvalue weighted by molar-refractivity contribution is -0.121. The van der Waals surface area contributed by atoms with Crippen molar-refractivity contribution in [3.63, 3.8) is 0 Å². The van der Waals surface area contributed by atoms with Gasteiger partial charge >= 0.3 is 0 Å². The van der Waals surface area contributed by atoms with Crippen molar-refractivity contribution < 1.29 is 9.53 Å². The van der Waals surface area contributed by atoms with E-state index in [0.29, 0.717) is 0 Å². The monoisotopic (exact) mass is 468 g/mol. The Hall–Kier alpha value is -2.95. The summed E-state index contributed by atoms with van der Waals surface area (Å²) in [6.45, 7) is 8.30. The molecule has 0 aromatic heterocycles. The zero-order chi connectivity index (χ0) is 24.4. The Morgan fingerprint density at radius 2 is 1.31 bits per heavy atom. The Kier molecular flexibility index (Phi) is 7.03. The average molecular weight is 469 g/mol. The van der Waals surface area contributed by atoms with Gasteiger partial charge in [0.2, 0.25) is 5.91 Å². The Labute approximate surface area is 209 Å². The number of benzene rings is 3. The van der Waals surface area contributed by atoms with Crippen molar-refractivity contribution in [2.75, 3.05) is 18.0 Å². The van der Waals surface area contributed by atoms with Gasteiger partial charge in [-0.2, -0.15) is 0 Å². The predicted octanol–water partition coefficient (Wildman–Crippen LogP) is 6.39. The van der Waals surface area contributed by atoms with Crippen LogP contribution in [-0.4, -0.2) is 36.2 Å². The van der Waals surface area contributed by atoms with Crippen LogP contribution in [0.2, 0.25) is 0 Å². The van der Waals surface area contributed by atoms with Crippen LogP contribution in [0.25, 0.3) is 0 Å². The van der Waals surface area contributed by atoms with Gasteiger partial charge in [-0.3, -0.25) is 14.6 Å². The first-order chi connectivity index (χ1) is 17.0. The minimum atomic E-state index is -0.0646. The molecule has 1 amide bonds. The van der Waals surface area contributed by atoms with Gasteiger partial charge in [0.1, 0.15) is 6.10 Å². The number of hydrogen-bond donors (Lipinski definition) is 0. The van der Waals surface area contributed by atoms with E-state index in [1.807, 2.05) is 29.2 Å². The molecule has 0 spiro atoms. The lowest BCUT2D eigenvalue weighted by Crippen LogP contribution is -2.52. The molecule has 182 valence electrons. The normalized spacial score (nSPS) is 20.0. The van der Waals surface area contributed by atoms with E-state index in [4.69, 9.17) is 4.74 Å². The third-order valence-electron chi connectivity index (χ3n) is 7.61. The van der Waals surface area contributed by atoms with E-state index in [1.54, 1.807) is 0 Å². The molecule has 2 atom stereocenters. The van der Waals surface area contributed by atoms with Crippen LogP contribution >= 0.6 is 0 Å². The summed E-state index contributed by atoms with van der Waals surface area (Å²) >= 11 is 0. The number of likely N-dealkylation sites (tertiary alicyclic amines) is 1. The van der Waals surface area contributed by atoms with Crippen molar-refractivity contribution >= 4 is 11.6 Å². The van der Waals surface area contributed by atoms with Crippen LogP contribution in [0.1, 0.15) is 62.3 Å². The van der Waals surface area contributed by atoms with E-state index in [1.165, 1.54) is 16.7 Å². The first kappa shape index (κ1) is 23.8. The molecule has 2 unspecified atom stereocenters. The van der Waals surface area contributed by atoms with Crippen LogP contribution in [0.15, 0.2) is 84.9 Å². The first-order valence-electron chi connectivity index (χ1n) is 13.0. The summed E-state index contributed by atoms with van der Waals surface area (Å²) in [7, 11) is 0. The molecule has 1 fully saturated rings. The average Bonchev–Trinajstić information content (AvgIpc) is 3.20. The van der Waals surface area contributed by atoms with Crippen molar-refractivity contribution in [3.8, 4) is 0 Å². The van der Waals surface area contributed by atoms with Crippen LogP contribution in [0, 0.1) is 5.92 Å². The van der Waals surface area contributed by atoms with Gasteiger partial charge in [0.05, 0.1) is 18.2 Å². The van der Waals surface area contributed by atoms with E-state index in [2.05, 4.69) is 86.3 Å². The van der Waals surface area contributed by atoms with E-state index >= 15 is 0 Å². The highest BCUT2D eigenvalue weighted by molar-refractivity contribution is 6.05. The fourth-order valence-electron chi connectivity index (χ4n) is 5.75. The van der Waals surface area contributed by atoms with Crippen LogP contribution in [0.3, 0.4) is 0 Å². The van der Waals surface area contributed by atoms with Crippen LogP contribution in [0.5, 0.6) is 0 Å². The molecular formula is C31H36N2O2. The number of anilines is 1. The number of para-hydroxylation sites is 1. The molecule has 0 bridgehead atoms. The quantitative estimate of drug-likeness (QED) is 0.403. The highest BCUT2D eigenvalue weighted by Gasteiger charge is 2.42. The number of rotatable bonds is 7. The zero-order valence-electron chi connectivity index (χ0n) is 21.0. The summed E-state index contributed by atoms with van der Waals surface area (Å²) in [6.07, 6.45) is 2.07. The highest BCUT2D eigenvalue weighted by Crippen LogP contribution is 2.43. The summed E-state index contributed by atoms with van der Waals surface area (Å²) in [4.78, 5) is 18.0. The number of carbonyl (C=O) groups is 1. The van der Waals surface area contributed by atoms with Crippen molar-refractivity contribution in [2.45, 2.75) is 57.9 Å². The number of hydrogen-bond acceptors (Lipinski definition) is 3. The number of ether oxygens (including phenoxy) is 1. The van der Waals surface area contributed by atoms with Gasteiger partial charge in [0.15, 0.2) is 0 Å². The Morgan fingerprint density at radius 1 is 0.771 bits per heavy atom.